The number of para-hydroxylation sites is 1. The van der Waals surface area contributed by atoms with Gasteiger partial charge in [-0.2, -0.15) is 0 Å². The first-order chi connectivity index (χ1) is 13.0. The summed E-state index contributed by atoms with van der Waals surface area (Å²) in [6, 6.07) is 14.7. The minimum atomic E-state index is -0.224. The SMILES string of the molecule is COc1ccccc1[C@H]1CC(=O)N(c2cccc(Cl)c2)c2c1sc(=O)n2C. The van der Waals surface area contributed by atoms with Crippen LogP contribution in [0.3, 0.4) is 0 Å². The zero-order chi connectivity index (χ0) is 19.1. The number of rotatable bonds is 3. The van der Waals surface area contributed by atoms with Gasteiger partial charge in [0.1, 0.15) is 11.6 Å². The quantitative estimate of drug-likeness (QED) is 0.658. The van der Waals surface area contributed by atoms with Crippen molar-refractivity contribution in [1.29, 1.82) is 0 Å². The number of aromatic nitrogens is 1. The number of ether oxygens (including phenoxy) is 1. The van der Waals surface area contributed by atoms with Crippen LogP contribution in [0.15, 0.2) is 53.3 Å². The lowest BCUT2D eigenvalue weighted by Gasteiger charge is -2.32. The number of anilines is 2. The van der Waals surface area contributed by atoms with Crippen molar-refractivity contribution in [3.63, 3.8) is 0 Å². The maximum Gasteiger partial charge on any atom is 0.308 e. The number of hydrogen-bond acceptors (Lipinski definition) is 4. The van der Waals surface area contributed by atoms with E-state index in [0.29, 0.717) is 22.3 Å². The van der Waals surface area contributed by atoms with Crippen LogP contribution in [-0.4, -0.2) is 17.6 Å². The molecule has 1 amide bonds. The molecule has 4 rings (SSSR count). The predicted octanol–water partition coefficient (Wildman–Crippen LogP) is 4.31. The van der Waals surface area contributed by atoms with Crippen LogP contribution in [-0.2, 0) is 11.8 Å². The highest BCUT2D eigenvalue weighted by atomic mass is 35.5. The third-order valence-electron chi connectivity index (χ3n) is 4.75. The predicted molar refractivity (Wildman–Crippen MR) is 108 cm³/mol. The topological polar surface area (TPSA) is 51.5 Å². The molecule has 0 saturated heterocycles. The van der Waals surface area contributed by atoms with Crippen molar-refractivity contribution in [3.05, 3.63) is 73.7 Å². The van der Waals surface area contributed by atoms with E-state index >= 15 is 0 Å². The van der Waals surface area contributed by atoms with E-state index in [1.807, 2.05) is 30.3 Å². The Bertz CT molecular complexity index is 1090. The van der Waals surface area contributed by atoms with E-state index in [1.54, 1.807) is 37.3 Å². The van der Waals surface area contributed by atoms with Crippen LogP contribution in [0.5, 0.6) is 5.75 Å². The average molecular weight is 401 g/mol. The van der Waals surface area contributed by atoms with Gasteiger partial charge in [-0.05, 0) is 24.3 Å². The average Bonchev–Trinajstić information content (AvgIpc) is 2.96. The maximum atomic E-state index is 13.1. The maximum absolute atomic E-state index is 13.1. The molecule has 27 heavy (non-hydrogen) atoms. The second-order valence-electron chi connectivity index (χ2n) is 6.32. The molecule has 0 bridgehead atoms. The number of fused-ring (bicyclic) bond motifs is 1. The Morgan fingerprint density at radius 1 is 1.15 bits per heavy atom. The molecule has 0 unspecified atom stereocenters. The molecule has 7 heteroatoms. The van der Waals surface area contributed by atoms with Crippen LogP contribution < -0.4 is 14.5 Å². The number of hydrogen-bond donors (Lipinski definition) is 0. The number of benzene rings is 2. The molecule has 0 aliphatic carbocycles. The van der Waals surface area contributed by atoms with E-state index in [2.05, 4.69) is 0 Å². The van der Waals surface area contributed by atoms with Crippen LogP contribution in [0, 0.1) is 0 Å². The highest BCUT2D eigenvalue weighted by Crippen LogP contribution is 2.46. The Kier molecular flexibility index (Phi) is 4.53. The molecule has 0 radical (unpaired) electrons. The van der Waals surface area contributed by atoms with Crippen molar-refractivity contribution >= 4 is 40.4 Å². The summed E-state index contributed by atoms with van der Waals surface area (Å²) in [7, 11) is 3.29. The van der Waals surface area contributed by atoms with Crippen molar-refractivity contribution < 1.29 is 9.53 Å². The van der Waals surface area contributed by atoms with Crippen molar-refractivity contribution in [1.82, 2.24) is 4.57 Å². The number of carbonyl (C=O) groups excluding carboxylic acids is 1. The van der Waals surface area contributed by atoms with Gasteiger partial charge in [-0.25, -0.2) is 0 Å². The Balaban J connectivity index is 1.93. The van der Waals surface area contributed by atoms with Gasteiger partial charge in [-0.15, -0.1) is 0 Å². The fraction of sp³-hybridized carbons (Fsp3) is 0.200. The molecule has 1 aliphatic heterocycles. The summed E-state index contributed by atoms with van der Waals surface area (Å²) >= 11 is 7.30. The smallest absolute Gasteiger partial charge is 0.308 e. The normalized spacial score (nSPS) is 16.3. The monoisotopic (exact) mass is 400 g/mol. The summed E-state index contributed by atoms with van der Waals surface area (Å²) in [6.07, 6.45) is 0.250. The molecule has 0 saturated carbocycles. The summed E-state index contributed by atoms with van der Waals surface area (Å²) in [5.41, 5.74) is 1.56. The minimum absolute atomic E-state index is 0.0888. The fourth-order valence-corrected chi connectivity index (χ4v) is 4.78. The number of thiazole rings is 1. The van der Waals surface area contributed by atoms with E-state index in [1.165, 1.54) is 15.9 Å². The lowest BCUT2D eigenvalue weighted by Crippen LogP contribution is -2.34. The van der Waals surface area contributed by atoms with Gasteiger partial charge in [0.15, 0.2) is 0 Å². The molecule has 0 fully saturated rings. The van der Waals surface area contributed by atoms with Crippen LogP contribution in [0.4, 0.5) is 11.5 Å². The number of halogens is 1. The van der Waals surface area contributed by atoms with Crippen molar-refractivity contribution in [2.75, 3.05) is 12.0 Å². The Morgan fingerprint density at radius 2 is 1.93 bits per heavy atom. The van der Waals surface area contributed by atoms with E-state index in [0.717, 1.165) is 10.4 Å². The first-order valence-electron chi connectivity index (χ1n) is 8.42. The third kappa shape index (κ3) is 2.95. The molecule has 2 aromatic carbocycles. The van der Waals surface area contributed by atoms with Gasteiger partial charge in [0, 0.05) is 30.0 Å². The fourth-order valence-electron chi connectivity index (χ4n) is 3.51. The Morgan fingerprint density at radius 3 is 2.67 bits per heavy atom. The van der Waals surface area contributed by atoms with E-state index in [4.69, 9.17) is 16.3 Å². The Labute approximate surface area is 165 Å². The van der Waals surface area contributed by atoms with Gasteiger partial charge in [-0.1, -0.05) is 47.2 Å². The second kappa shape index (κ2) is 6.87. The zero-order valence-corrected chi connectivity index (χ0v) is 16.4. The Hall–Kier alpha value is -2.57. The first kappa shape index (κ1) is 17.8. The van der Waals surface area contributed by atoms with Crippen molar-refractivity contribution in [2.24, 2.45) is 7.05 Å². The second-order valence-corrected chi connectivity index (χ2v) is 7.75. The van der Waals surface area contributed by atoms with Gasteiger partial charge in [0.2, 0.25) is 5.91 Å². The van der Waals surface area contributed by atoms with Crippen LogP contribution in [0.1, 0.15) is 22.8 Å². The number of amides is 1. The molecule has 1 aliphatic rings. The molecule has 5 nitrogen and oxygen atoms in total. The van der Waals surface area contributed by atoms with Gasteiger partial charge < -0.3 is 4.74 Å². The van der Waals surface area contributed by atoms with Crippen LogP contribution in [0.2, 0.25) is 5.02 Å². The van der Waals surface area contributed by atoms with Crippen molar-refractivity contribution in [3.8, 4) is 5.75 Å². The molecular weight excluding hydrogens is 384 g/mol. The van der Waals surface area contributed by atoms with E-state index in [9.17, 15) is 9.59 Å². The standard InChI is InChI=1S/C20H17ClN2O3S/c1-22-19-18(27-20(22)25)15(14-8-3-4-9-16(14)26-2)11-17(24)23(19)13-7-5-6-12(21)10-13/h3-10,15H,11H2,1-2H3/t15-/m1/s1. The number of carbonyl (C=O) groups is 1. The number of nitrogens with zero attached hydrogens (tertiary/aromatic N) is 2. The minimum Gasteiger partial charge on any atom is -0.496 e. The number of methoxy groups -OCH3 is 1. The van der Waals surface area contributed by atoms with Gasteiger partial charge >= 0.3 is 4.87 Å². The van der Waals surface area contributed by atoms with E-state index < -0.39 is 0 Å². The molecule has 0 spiro atoms. The van der Waals surface area contributed by atoms with Crippen LogP contribution in [0.25, 0.3) is 0 Å². The molecule has 2 heterocycles. The first-order valence-corrected chi connectivity index (χ1v) is 9.62. The summed E-state index contributed by atoms with van der Waals surface area (Å²) < 4.78 is 7.02. The summed E-state index contributed by atoms with van der Waals surface area (Å²) in [5.74, 6) is 0.993. The molecule has 1 atom stereocenters. The summed E-state index contributed by atoms with van der Waals surface area (Å²) in [6.45, 7) is 0. The van der Waals surface area contributed by atoms with E-state index in [-0.39, 0.29) is 23.1 Å². The summed E-state index contributed by atoms with van der Waals surface area (Å²) in [5, 5.41) is 0.536. The molecular formula is C20H17ClN2O3S. The van der Waals surface area contributed by atoms with Gasteiger partial charge in [-0.3, -0.25) is 19.1 Å². The zero-order valence-electron chi connectivity index (χ0n) is 14.8. The third-order valence-corrected chi connectivity index (χ3v) is 6.12. The molecule has 0 N–H and O–H groups in total. The van der Waals surface area contributed by atoms with Gasteiger partial charge in [0.25, 0.3) is 0 Å². The summed E-state index contributed by atoms with van der Waals surface area (Å²) in [4.78, 5) is 28.0. The largest absolute Gasteiger partial charge is 0.496 e. The van der Waals surface area contributed by atoms with Gasteiger partial charge in [0.05, 0.1) is 17.7 Å². The lowest BCUT2D eigenvalue weighted by molar-refractivity contribution is -0.118. The van der Waals surface area contributed by atoms with Crippen LogP contribution >= 0.6 is 22.9 Å². The highest BCUT2D eigenvalue weighted by Gasteiger charge is 2.38. The highest BCUT2D eigenvalue weighted by molar-refractivity contribution is 7.10. The molecule has 1 aromatic heterocycles. The molecule has 138 valence electrons. The lowest BCUT2D eigenvalue weighted by atomic mass is 9.89. The molecule has 3 aromatic rings. The van der Waals surface area contributed by atoms with Crippen molar-refractivity contribution in [2.45, 2.75) is 12.3 Å².